The van der Waals surface area contributed by atoms with Crippen LogP contribution in [0.5, 0.6) is 0 Å². The van der Waals surface area contributed by atoms with Crippen LogP contribution in [0.15, 0.2) is 18.5 Å². The molecule has 2 aromatic heterocycles. The summed E-state index contributed by atoms with van der Waals surface area (Å²) < 4.78 is 13.4. The van der Waals surface area contributed by atoms with Crippen molar-refractivity contribution in [2.45, 2.75) is 39.7 Å². The predicted molar refractivity (Wildman–Crippen MR) is 80.5 cm³/mol. The Morgan fingerprint density at radius 2 is 2.15 bits per heavy atom. The molecule has 0 bridgehead atoms. The minimum atomic E-state index is -0.294. The molecule has 1 unspecified atom stereocenters. The Morgan fingerprint density at radius 3 is 2.75 bits per heavy atom. The van der Waals surface area contributed by atoms with Crippen LogP contribution in [0, 0.1) is 19.7 Å². The molecule has 1 atom stereocenters. The highest BCUT2D eigenvalue weighted by atomic mass is 32.1. The van der Waals surface area contributed by atoms with Crippen molar-refractivity contribution < 1.29 is 4.39 Å². The van der Waals surface area contributed by atoms with Gasteiger partial charge in [-0.15, -0.1) is 11.3 Å². The first-order chi connectivity index (χ1) is 9.60. The Morgan fingerprint density at radius 1 is 1.35 bits per heavy atom. The Labute approximate surface area is 123 Å². The number of rotatable bonds is 6. The van der Waals surface area contributed by atoms with E-state index in [0.717, 1.165) is 35.7 Å². The van der Waals surface area contributed by atoms with Gasteiger partial charge < -0.3 is 5.32 Å². The van der Waals surface area contributed by atoms with Crippen LogP contribution in [0.25, 0.3) is 0 Å². The maximum atomic E-state index is 13.4. The molecular weight excluding hydrogens is 273 g/mol. The molecule has 0 fully saturated rings. The van der Waals surface area contributed by atoms with Gasteiger partial charge in [0.05, 0.1) is 16.9 Å². The van der Waals surface area contributed by atoms with Crippen LogP contribution >= 0.6 is 11.3 Å². The molecule has 3 nitrogen and oxygen atoms in total. The largest absolute Gasteiger partial charge is 0.310 e. The van der Waals surface area contributed by atoms with Crippen LogP contribution in [0.3, 0.4) is 0 Å². The third-order valence-corrected chi connectivity index (χ3v) is 4.32. The third-order valence-electron chi connectivity index (χ3n) is 3.22. The first kappa shape index (κ1) is 15.1. The van der Waals surface area contributed by atoms with Crippen LogP contribution in [-0.4, -0.2) is 16.5 Å². The maximum absolute atomic E-state index is 13.4. The highest BCUT2D eigenvalue weighted by Crippen LogP contribution is 2.23. The second-order valence-corrected chi connectivity index (χ2v) is 6.18. The van der Waals surface area contributed by atoms with E-state index in [1.807, 2.05) is 6.92 Å². The van der Waals surface area contributed by atoms with Crippen molar-refractivity contribution in [1.82, 2.24) is 15.3 Å². The minimum absolute atomic E-state index is 0.0584. The van der Waals surface area contributed by atoms with Crippen molar-refractivity contribution in [2.75, 3.05) is 6.54 Å². The second-order valence-electron chi connectivity index (χ2n) is 4.90. The van der Waals surface area contributed by atoms with Crippen molar-refractivity contribution in [3.05, 3.63) is 45.4 Å². The summed E-state index contributed by atoms with van der Waals surface area (Å²) in [5, 5.41) is 4.53. The van der Waals surface area contributed by atoms with Gasteiger partial charge in [-0.3, -0.25) is 4.98 Å². The molecule has 0 saturated carbocycles. The van der Waals surface area contributed by atoms with E-state index in [1.165, 1.54) is 11.1 Å². The zero-order valence-electron chi connectivity index (χ0n) is 12.1. The van der Waals surface area contributed by atoms with E-state index in [2.05, 4.69) is 29.1 Å². The van der Waals surface area contributed by atoms with E-state index in [1.54, 1.807) is 23.6 Å². The molecule has 108 valence electrons. The Hall–Kier alpha value is -1.33. The second kappa shape index (κ2) is 6.90. The lowest BCUT2D eigenvalue weighted by atomic mass is 10.1. The molecule has 0 aliphatic carbocycles. The Kier molecular flexibility index (Phi) is 5.20. The van der Waals surface area contributed by atoms with Gasteiger partial charge in [0.2, 0.25) is 0 Å². The first-order valence-electron chi connectivity index (χ1n) is 6.87. The van der Waals surface area contributed by atoms with Crippen molar-refractivity contribution in [1.29, 1.82) is 0 Å². The summed E-state index contributed by atoms with van der Waals surface area (Å²) in [6.45, 7) is 7.11. The molecule has 0 saturated heterocycles. The van der Waals surface area contributed by atoms with Crippen molar-refractivity contribution in [2.24, 2.45) is 0 Å². The maximum Gasteiger partial charge on any atom is 0.141 e. The topological polar surface area (TPSA) is 37.8 Å². The van der Waals surface area contributed by atoms with Crippen molar-refractivity contribution in [3.63, 3.8) is 0 Å². The number of aryl methyl sites for hydroxylation is 2. The van der Waals surface area contributed by atoms with Crippen LogP contribution in [-0.2, 0) is 6.42 Å². The van der Waals surface area contributed by atoms with Gasteiger partial charge in [0.1, 0.15) is 5.82 Å². The fourth-order valence-electron chi connectivity index (χ4n) is 2.05. The summed E-state index contributed by atoms with van der Waals surface area (Å²) in [5.74, 6) is -0.294. The van der Waals surface area contributed by atoms with E-state index in [4.69, 9.17) is 0 Å². The molecule has 5 heteroatoms. The quantitative estimate of drug-likeness (QED) is 0.884. The lowest BCUT2D eigenvalue weighted by Gasteiger charge is -2.17. The zero-order valence-corrected chi connectivity index (χ0v) is 12.9. The number of aromatic nitrogens is 2. The Balaban J connectivity index is 2.18. The number of nitrogens with one attached hydrogen (secondary N) is 1. The molecule has 0 aliphatic rings. The summed E-state index contributed by atoms with van der Waals surface area (Å²) >= 11 is 1.71. The molecule has 0 spiro atoms. The fraction of sp³-hybridized carbons (Fsp3) is 0.467. The van der Waals surface area contributed by atoms with E-state index < -0.39 is 0 Å². The van der Waals surface area contributed by atoms with Gasteiger partial charge in [-0.1, -0.05) is 6.92 Å². The standard InChI is InChI=1S/C15H20FN3S/c1-4-5-18-14(12-6-13(16)9-17-8-12)7-15-19-10(2)11(3)20-15/h6,8-9,14,18H,4-5,7H2,1-3H3. The number of thiazole rings is 1. The SMILES string of the molecule is CCCNC(Cc1nc(C)c(C)s1)c1cncc(F)c1. The summed E-state index contributed by atoms with van der Waals surface area (Å²) in [5.41, 5.74) is 1.96. The van der Waals surface area contributed by atoms with Gasteiger partial charge in [0, 0.05) is 23.5 Å². The Bertz CT molecular complexity index is 548. The van der Waals surface area contributed by atoms with E-state index in [0.29, 0.717) is 0 Å². The highest BCUT2D eigenvalue weighted by Gasteiger charge is 2.15. The summed E-state index contributed by atoms with van der Waals surface area (Å²) in [7, 11) is 0. The molecule has 20 heavy (non-hydrogen) atoms. The number of pyridine rings is 1. The monoisotopic (exact) mass is 293 g/mol. The molecule has 0 aliphatic heterocycles. The van der Waals surface area contributed by atoms with Gasteiger partial charge in [0.25, 0.3) is 0 Å². The summed E-state index contributed by atoms with van der Waals surface area (Å²) in [4.78, 5) is 9.76. The average Bonchev–Trinajstić information content (AvgIpc) is 2.73. The molecule has 0 radical (unpaired) electrons. The molecule has 1 N–H and O–H groups in total. The lowest BCUT2D eigenvalue weighted by molar-refractivity contribution is 0.520. The van der Waals surface area contributed by atoms with Crippen molar-refractivity contribution in [3.8, 4) is 0 Å². The molecule has 0 aromatic carbocycles. The molecule has 2 heterocycles. The third kappa shape index (κ3) is 3.84. The lowest BCUT2D eigenvalue weighted by Crippen LogP contribution is -2.24. The smallest absolute Gasteiger partial charge is 0.141 e. The van der Waals surface area contributed by atoms with Gasteiger partial charge >= 0.3 is 0 Å². The summed E-state index contributed by atoms with van der Waals surface area (Å²) in [6.07, 6.45) is 4.77. The normalized spacial score (nSPS) is 12.6. The van der Waals surface area contributed by atoms with Gasteiger partial charge in [-0.2, -0.15) is 0 Å². The minimum Gasteiger partial charge on any atom is -0.310 e. The van der Waals surface area contributed by atoms with Crippen LogP contribution in [0.1, 0.15) is 40.5 Å². The molecule has 0 amide bonds. The van der Waals surface area contributed by atoms with Crippen molar-refractivity contribution >= 4 is 11.3 Å². The zero-order chi connectivity index (χ0) is 14.5. The van der Waals surface area contributed by atoms with E-state index in [-0.39, 0.29) is 11.9 Å². The van der Waals surface area contributed by atoms with Gasteiger partial charge in [-0.25, -0.2) is 9.37 Å². The first-order valence-corrected chi connectivity index (χ1v) is 7.68. The number of hydrogen-bond acceptors (Lipinski definition) is 4. The van der Waals surface area contributed by atoms with E-state index >= 15 is 0 Å². The fourth-order valence-corrected chi connectivity index (χ4v) is 3.03. The highest BCUT2D eigenvalue weighted by molar-refractivity contribution is 7.11. The van der Waals surface area contributed by atoms with Crippen LogP contribution in [0.2, 0.25) is 0 Å². The van der Waals surface area contributed by atoms with E-state index in [9.17, 15) is 4.39 Å². The average molecular weight is 293 g/mol. The molecular formula is C15H20FN3S. The molecule has 2 aromatic rings. The predicted octanol–water partition coefficient (Wildman–Crippen LogP) is 3.58. The van der Waals surface area contributed by atoms with Crippen LogP contribution < -0.4 is 5.32 Å². The number of halogens is 1. The number of nitrogens with zero attached hydrogens (tertiary/aromatic N) is 2. The van der Waals surface area contributed by atoms with Crippen LogP contribution in [0.4, 0.5) is 4.39 Å². The summed E-state index contributed by atoms with van der Waals surface area (Å²) in [6, 6.07) is 1.61. The number of hydrogen-bond donors (Lipinski definition) is 1. The molecule has 2 rings (SSSR count). The van der Waals surface area contributed by atoms with Gasteiger partial charge in [0.15, 0.2) is 0 Å². The van der Waals surface area contributed by atoms with Gasteiger partial charge in [-0.05, 0) is 38.4 Å².